The summed E-state index contributed by atoms with van der Waals surface area (Å²) >= 11 is 0. The van der Waals surface area contributed by atoms with Crippen molar-refractivity contribution < 1.29 is 9.21 Å². The molecule has 0 radical (unpaired) electrons. The number of nitrogens with one attached hydrogen (secondary N) is 1. The first-order valence-electron chi connectivity index (χ1n) is 10.7. The second kappa shape index (κ2) is 9.56. The topological polar surface area (TPSA) is 86.2 Å². The van der Waals surface area contributed by atoms with E-state index in [4.69, 9.17) is 4.42 Å². The Morgan fingerprint density at radius 3 is 2.30 bits per heavy atom. The summed E-state index contributed by atoms with van der Waals surface area (Å²) in [5.41, 5.74) is 1.48. The van der Waals surface area contributed by atoms with Crippen LogP contribution in [0.2, 0.25) is 0 Å². The summed E-state index contributed by atoms with van der Waals surface area (Å²) in [6.07, 6.45) is 3.81. The molecule has 4 aromatic rings. The first kappa shape index (κ1) is 22.1. The number of furan rings is 1. The lowest BCUT2D eigenvalue weighted by atomic mass is 10.1. The van der Waals surface area contributed by atoms with Gasteiger partial charge in [-0.1, -0.05) is 30.3 Å². The second-order valence-electron chi connectivity index (χ2n) is 7.94. The maximum Gasteiger partial charge on any atom is 0.317 e. The molecule has 1 atom stereocenters. The second-order valence-corrected chi connectivity index (χ2v) is 7.94. The van der Waals surface area contributed by atoms with Crippen LogP contribution in [0, 0.1) is 0 Å². The highest BCUT2D eigenvalue weighted by molar-refractivity contribution is 5.94. The normalized spacial score (nSPS) is 11.9. The van der Waals surface area contributed by atoms with Gasteiger partial charge < -0.3 is 9.73 Å². The Hall–Kier alpha value is -4.13. The fourth-order valence-electron chi connectivity index (χ4n) is 3.87. The van der Waals surface area contributed by atoms with Crippen LogP contribution in [-0.2, 0) is 19.5 Å². The summed E-state index contributed by atoms with van der Waals surface area (Å²) in [4.78, 5) is 38.1. The third-order valence-corrected chi connectivity index (χ3v) is 5.47. The highest BCUT2D eigenvalue weighted by Gasteiger charge is 2.14. The van der Waals surface area contributed by atoms with Gasteiger partial charge >= 0.3 is 11.1 Å². The molecule has 0 saturated carbocycles. The summed E-state index contributed by atoms with van der Waals surface area (Å²) < 4.78 is 8.22. The van der Waals surface area contributed by atoms with Gasteiger partial charge in [-0.15, -0.1) is 6.58 Å². The summed E-state index contributed by atoms with van der Waals surface area (Å²) in [6.45, 7) is 6.08. The fraction of sp³-hybridized carbons (Fsp3) is 0.192. The molecule has 0 unspecified atom stereocenters. The summed E-state index contributed by atoms with van der Waals surface area (Å²) in [5.74, 6) is 0.626. The number of fused-ring (bicyclic) bond motifs is 1. The molecule has 4 rings (SSSR count). The average molecular weight is 444 g/mol. The number of allylic oxidation sites excluding steroid dienone is 1. The number of carbonyl (C=O) groups excluding carboxylic acids is 1. The van der Waals surface area contributed by atoms with Crippen LogP contribution in [0.4, 0.5) is 0 Å². The predicted octanol–water partition coefficient (Wildman–Crippen LogP) is 3.35. The van der Waals surface area contributed by atoms with Crippen LogP contribution in [0.15, 0.2) is 93.6 Å². The third kappa shape index (κ3) is 4.72. The van der Waals surface area contributed by atoms with Gasteiger partial charge in [0.25, 0.3) is 5.91 Å². The van der Waals surface area contributed by atoms with E-state index in [1.165, 1.54) is 9.13 Å². The van der Waals surface area contributed by atoms with E-state index in [0.29, 0.717) is 23.0 Å². The number of aromatic nitrogens is 2. The van der Waals surface area contributed by atoms with E-state index in [1.54, 1.807) is 36.6 Å². The van der Waals surface area contributed by atoms with Crippen molar-refractivity contribution >= 4 is 16.9 Å². The summed E-state index contributed by atoms with van der Waals surface area (Å²) in [7, 11) is 0. The van der Waals surface area contributed by atoms with Gasteiger partial charge in [0.2, 0.25) is 0 Å². The van der Waals surface area contributed by atoms with Gasteiger partial charge in [-0.25, -0.2) is 0 Å². The van der Waals surface area contributed by atoms with Crippen LogP contribution in [0.1, 0.15) is 28.6 Å². The molecule has 0 saturated heterocycles. The molecule has 0 aliphatic carbocycles. The number of nitrogens with zero attached hydrogens (tertiary/aromatic N) is 2. The van der Waals surface area contributed by atoms with Crippen LogP contribution < -0.4 is 16.4 Å². The minimum absolute atomic E-state index is 0.0877. The van der Waals surface area contributed by atoms with Crippen molar-refractivity contribution in [1.29, 1.82) is 0 Å². The molecule has 2 aromatic carbocycles. The predicted molar refractivity (Wildman–Crippen MR) is 128 cm³/mol. The number of rotatable bonds is 8. The molecular formula is C26H25N3O4. The molecule has 1 amide bonds. The number of hydrogen-bond donors (Lipinski definition) is 1. The molecule has 33 heavy (non-hydrogen) atoms. The van der Waals surface area contributed by atoms with Crippen molar-refractivity contribution in [3.05, 3.63) is 117 Å². The molecule has 7 heteroatoms. The van der Waals surface area contributed by atoms with E-state index in [0.717, 1.165) is 11.3 Å². The largest absolute Gasteiger partial charge is 0.469 e. The molecule has 2 heterocycles. The lowest BCUT2D eigenvalue weighted by Gasteiger charge is -2.15. The number of hydrogen-bond acceptors (Lipinski definition) is 4. The van der Waals surface area contributed by atoms with Gasteiger partial charge in [-0.2, -0.15) is 0 Å². The smallest absolute Gasteiger partial charge is 0.317 e. The Morgan fingerprint density at radius 2 is 1.67 bits per heavy atom. The van der Waals surface area contributed by atoms with Gasteiger partial charge in [-0.3, -0.25) is 23.5 Å². The van der Waals surface area contributed by atoms with Crippen molar-refractivity contribution in [1.82, 2.24) is 14.5 Å². The zero-order valence-electron chi connectivity index (χ0n) is 18.4. The first-order valence-corrected chi connectivity index (χ1v) is 10.7. The van der Waals surface area contributed by atoms with Crippen molar-refractivity contribution in [3.8, 4) is 0 Å². The van der Waals surface area contributed by atoms with E-state index in [1.807, 2.05) is 43.3 Å². The highest BCUT2D eigenvalue weighted by Crippen LogP contribution is 2.13. The number of carbonyl (C=O) groups is 1. The molecule has 0 aliphatic heterocycles. The molecule has 7 nitrogen and oxygen atoms in total. The molecular weight excluding hydrogens is 418 g/mol. The van der Waals surface area contributed by atoms with Crippen molar-refractivity contribution in [3.63, 3.8) is 0 Å². The molecule has 0 spiro atoms. The minimum atomic E-state index is -0.593. The van der Waals surface area contributed by atoms with Crippen LogP contribution in [-0.4, -0.2) is 21.1 Å². The Morgan fingerprint density at radius 1 is 1.00 bits per heavy atom. The molecule has 0 aliphatic rings. The quantitative estimate of drug-likeness (QED) is 0.334. The van der Waals surface area contributed by atoms with Crippen molar-refractivity contribution in [2.75, 3.05) is 0 Å². The third-order valence-electron chi connectivity index (χ3n) is 5.47. The van der Waals surface area contributed by atoms with Crippen molar-refractivity contribution in [2.45, 2.75) is 32.5 Å². The summed E-state index contributed by atoms with van der Waals surface area (Å²) in [5, 5.41) is 2.96. The SMILES string of the molecule is C=CCn1c(=O)c(=O)n(Cc2ccc(C(=O)N[C@@H](C)Cc3ccco3)cc2)c2ccccc21. The molecule has 1 N–H and O–H groups in total. The number of para-hydroxylation sites is 2. The fourth-order valence-corrected chi connectivity index (χ4v) is 3.87. The lowest BCUT2D eigenvalue weighted by molar-refractivity contribution is 0.0939. The van der Waals surface area contributed by atoms with E-state index in [9.17, 15) is 14.4 Å². The van der Waals surface area contributed by atoms with Crippen molar-refractivity contribution in [2.24, 2.45) is 0 Å². The Kier molecular flexibility index (Phi) is 6.40. The van der Waals surface area contributed by atoms with Crippen LogP contribution in [0.5, 0.6) is 0 Å². The molecule has 0 bridgehead atoms. The molecule has 2 aromatic heterocycles. The number of benzene rings is 2. The lowest BCUT2D eigenvalue weighted by Crippen LogP contribution is -2.41. The minimum Gasteiger partial charge on any atom is -0.469 e. The maximum atomic E-state index is 12.8. The Balaban J connectivity index is 1.55. The Bertz CT molecular complexity index is 1400. The van der Waals surface area contributed by atoms with E-state index >= 15 is 0 Å². The van der Waals surface area contributed by atoms with E-state index in [2.05, 4.69) is 11.9 Å². The van der Waals surface area contributed by atoms with E-state index < -0.39 is 11.1 Å². The van der Waals surface area contributed by atoms with Gasteiger partial charge in [0.05, 0.1) is 23.8 Å². The van der Waals surface area contributed by atoms with Gasteiger partial charge in [0.1, 0.15) is 5.76 Å². The van der Waals surface area contributed by atoms with Crippen LogP contribution >= 0.6 is 0 Å². The summed E-state index contributed by atoms with van der Waals surface area (Å²) in [6, 6.07) is 17.9. The monoisotopic (exact) mass is 443 g/mol. The van der Waals surface area contributed by atoms with Gasteiger partial charge in [0, 0.05) is 24.6 Å². The number of amides is 1. The zero-order valence-corrected chi connectivity index (χ0v) is 18.4. The van der Waals surface area contributed by atoms with Gasteiger partial charge in [-0.05, 0) is 48.9 Å². The standard InChI is InChI=1S/C26H25N3O4/c1-3-14-28-22-8-4-5-9-23(22)29(26(32)25(28)31)17-19-10-12-20(13-11-19)24(30)27-18(2)16-21-7-6-15-33-21/h3-13,15,18H,1,14,16-17H2,2H3,(H,27,30)/t18-/m0/s1. The highest BCUT2D eigenvalue weighted by atomic mass is 16.3. The molecule has 168 valence electrons. The van der Waals surface area contributed by atoms with E-state index in [-0.39, 0.29) is 25.0 Å². The average Bonchev–Trinajstić information content (AvgIpc) is 3.32. The maximum absolute atomic E-state index is 12.8. The van der Waals surface area contributed by atoms with Crippen LogP contribution in [0.3, 0.4) is 0 Å². The Labute approximate surface area is 190 Å². The zero-order chi connectivity index (χ0) is 23.4. The van der Waals surface area contributed by atoms with Gasteiger partial charge in [0.15, 0.2) is 0 Å². The molecule has 0 fully saturated rings. The first-order chi connectivity index (χ1) is 16.0. The van der Waals surface area contributed by atoms with Crippen LogP contribution in [0.25, 0.3) is 11.0 Å².